The van der Waals surface area contributed by atoms with Crippen molar-refractivity contribution in [1.29, 1.82) is 0 Å². The smallest absolute Gasteiger partial charge is 0.224 e. The highest BCUT2D eigenvalue weighted by Crippen LogP contribution is 2.07. The molecular weight excluding hydrogens is 240 g/mol. The molecule has 0 saturated carbocycles. The Hall–Kier alpha value is -1.39. The molecule has 1 saturated heterocycles. The first-order chi connectivity index (χ1) is 9.25. The maximum absolute atomic E-state index is 11.9. The van der Waals surface area contributed by atoms with Crippen LogP contribution < -0.4 is 10.6 Å². The van der Waals surface area contributed by atoms with Crippen LogP contribution in [-0.2, 0) is 16.1 Å². The van der Waals surface area contributed by atoms with Crippen molar-refractivity contribution >= 4 is 5.91 Å². The Morgan fingerprint density at radius 1 is 1.47 bits per heavy atom. The van der Waals surface area contributed by atoms with Crippen molar-refractivity contribution in [2.75, 3.05) is 19.7 Å². The van der Waals surface area contributed by atoms with E-state index in [2.05, 4.69) is 10.6 Å². The summed E-state index contributed by atoms with van der Waals surface area (Å²) in [6, 6.07) is 10.1. The fourth-order valence-corrected chi connectivity index (χ4v) is 2.21. The highest BCUT2D eigenvalue weighted by molar-refractivity contribution is 5.79. The van der Waals surface area contributed by atoms with Gasteiger partial charge in [-0.05, 0) is 25.5 Å². The molecule has 2 N–H and O–H groups in total. The van der Waals surface area contributed by atoms with Crippen molar-refractivity contribution in [3.8, 4) is 0 Å². The fourth-order valence-electron chi connectivity index (χ4n) is 2.21. The summed E-state index contributed by atoms with van der Waals surface area (Å²) < 4.78 is 5.61. The summed E-state index contributed by atoms with van der Waals surface area (Å²) >= 11 is 0. The predicted octanol–water partition coefficient (Wildman–Crippen LogP) is 1.32. The molecule has 2 rings (SSSR count). The van der Waals surface area contributed by atoms with E-state index < -0.39 is 0 Å². The Kier molecular flexibility index (Phi) is 5.36. The van der Waals surface area contributed by atoms with Gasteiger partial charge in [0.15, 0.2) is 0 Å². The van der Waals surface area contributed by atoms with E-state index in [9.17, 15) is 4.79 Å². The van der Waals surface area contributed by atoms with Gasteiger partial charge in [-0.3, -0.25) is 4.79 Å². The number of carbonyl (C=O) groups is 1. The molecule has 1 amide bonds. The van der Waals surface area contributed by atoms with Gasteiger partial charge in [0.05, 0.1) is 19.1 Å². The van der Waals surface area contributed by atoms with Crippen molar-refractivity contribution in [3.63, 3.8) is 0 Å². The van der Waals surface area contributed by atoms with Gasteiger partial charge in [-0.2, -0.15) is 0 Å². The third-order valence-electron chi connectivity index (χ3n) is 3.30. The number of hydrogen-bond donors (Lipinski definition) is 2. The van der Waals surface area contributed by atoms with Crippen molar-refractivity contribution < 1.29 is 9.53 Å². The van der Waals surface area contributed by atoms with Crippen LogP contribution in [0, 0.1) is 5.92 Å². The summed E-state index contributed by atoms with van der Waals surface area (Å²) in [6.45, 7) is 4.85. The van der Waals surface area contributed by atoms with Crippen LogP contribution >= 0.6 is 0 Å². The largest absolute Gasteiger partial charge is 0.375 e. The van der Waals surface area contributed by atoms with E-state index in [4.69, 9.17) is 4.74 Å². The number of benzene rings is 1. The number of amides is 1. The third-order valence-corrected chi connectivity index (χ3v) is 3.30. The molecule has 1 aliphatic heterocycles. The number of nitrogens with one attached hydrogen (secondary N) is 2. The zero-order chi connectivity index (χ0) is 13.5. The van der Waals surface area contributed by atoms with Crippen molar-refractivity contribution in [2.24, 2.45) is 5.92 Å². The lowest BCUT2D eigenvalue weighted by Crippen LogP contribution is -2.40. The van der Waals surface area contributed by atoms with Crippen molar-refractivity contribution in [3.05, 3.63) is 35.9 Å². The Labute approximate surface area is 114 Å². The lowest BCUT2D eigenvalue weighted by atomic mass is 10.1. The first-order valence-electron chi connectivity index (χ1n) is 6.88. The van der Waals surface area contributed by atoms with Gasteiger partial charge in [-0.15, -0.1) is 0 Å². The van der Waals surface area contributed by atoms with Gasteiger partial charge in [0.1, 0.15) is 0 Å². The predicted molar refractivity (Wildman–Crippen MR) is 74.7 cm³/mol. The Balaban J connectivity index is 1.64. The molecule has 1 aromatic carbocycles. The molecule has 0 aromatic heterocycles. The molecule has 19 heavy (non-hydrogen) atoms. The first-order valence-corrected chi connectivity index (χ1v) is 6.88. The summed E-state index contributed by atoms with van der Waals surface area (Å²) in [5, 5.41) is 6.20. The zero-order valence-electron chi connectivity index (χ0n) is 11.4. The molecule has 1 heterocycles. The van der Waals surface area contributed by atoms with Gasteiger partial charge >= 0.3 is 0 Å². The van der Waals surface area contributed by atoms with Crippen LogP contribution in [0.4, 0.5) is 0 Å². The van der Waals surface area contributed by atoms with Crippen molar-refractivity contribution in [2.45, 2.75) is 26.0 Å². The van der Waals surface area contributed by atoms with E-state index in [-0.39, 0.29) is 17.9 Å². The van der Waals surface area contributed by atoms with E-state index >= 15 is 0 Å². The molecule has 4 heteroatoms. The fraction of sp³-hybridized carbons (Fsp3) is 0.533. The molecule has 0 radical (unpaired) electrons. The number of hydrogen-bond acceptors (Lipinski definition) is 3. The van der Waals surface area contributed by atoms with Crippen LogP contribution in [0.1, 0.15) is 18.9 Å². The van der Waals surface area contributed by atoms with Crippen LogP contribution in [0.5, 0.6) is 0 Å². The van der Waals surface area contributed by atoms with Gasteiger partial charge in [-0.1, -0.05) is 30.3 Å². The molecule has 0 spiro atoms. The van der Waals surface area contributed by atoms with Crippen LogP contribution in [0.15, 0.2) is 30.3 Å². The molecule has 2 atom stereocenters. The maximum atomic E-state index is 11.9. The second-order valence-corrected chi connectivity index (χ2v) is 5.10. The van der Waals surface area contributed by atoms with E-state index in [1.165, 1.54) is 0 Å². The van der Waals surface area contributed by atoms with Crippen LogP contribution in [0.3, 0.4) is 0 Å². The van der Waals surface area contributed by atoms with E-state index in [1.54, 1.807) is 0 Å². The van der Waals surface area contributed by atoms with Crippen LogP contribution in [-0.4, -0.2) is 31.6 Å². The molecular formula is C15H22N2O2. The molecule has 4 nitrogen and oxygen atoms in total. The van der Waals surface area contributed by atoms with Gasteiger partial charge in [-0.25, -0.2) is 0 Å². The molecule has 1 aliphatic rings. The lowest BCUT2D eigenvalue weighted by molar-refractivity contribution is -0.125. The molecule has 104 valence electrons. The summed E-state index contributed by atoms with van der Waals surface area (Å²) in [4.78, 5) is 11.9. The normalized spacial score (nSPS) is 20.2. The second-order valence-electron chi connectivity index (χ2n) is 5.10. The van der Waals surface area contributed by atoms with Crippen LogP contribution in [0.25, 0.3) is 0 Å². The topological polar surface area (TPSA) is 50.4 Å². The first kappa shape index (κ1) is 14.0. The highest BCUT2D eigenvalue weighted by Gasteiger charge is 2.23. The van der Waals surface area contributed by atoms with Gasteiger partial charge in [0.25, 0.3) is 0 Å². The van der Waals surface area contributed by atoms with Gasteiger partial charge < -0.3 is 15.4 Å². The second kappa shape index (κ2) is 7.26. The summed E-state index contributed by atoms with van der Waals surface area (Å²) in [6.07, 6.45) is 0.934. The maximum Gasteiger partial charge on any atom is 0.224 e. The summed E-state index contributed by atoms with van der Waals surface area (Å²) in [5.74, 6) is 0.261. The van der Waals surface area contributed by atoms with Crippen molar-refractivity contribution in [1.82, 2.24) is 10.6 Å². The molecule has 2 unspecified atom stereocenters. The average Bonchev–Trinajstić information content (AvgIpc) is 2.94. The quantitative estimate of drug-likeness (QED) is 0.813. The Morgan fingerprint density at radius 2 is 2.26 bits per heavy atom. The molecule has 1 fully saturated rings. The Bertz CT molecular complexity index is 388. The molecule has 1 aromatic rings. The minimum Gasteiger partial charge on any atom is -0.375 e. The monoisotopic (exact) mass is 262 g/mol. The van der Waals surface area contributed by atoms with E-state index in [1.807, 2.05) is 37.3 Å². The molecule has 0 aliphatic carbocycles. The van der Waals surface area contributed by atoms with Crippen LogP contribution in [0.2, 0.25) is 0 Å². The SMILES string of the molecule is CC(COCc1ccccc1)NC(=O)C1CCNC1. The summed E-state index contributed by atoms with van der Waals surface area (Å²) in [7, 11) is 0. The molecule has 0 bridgehead atoms. The van der Waals surface area contributed by atoms with E-state index in [0.29, 0.717) is 13.2 Å². The lowest BCUT2D eigenvalue weighted by Gasteiger charge is -2.16. The minimum atomic E-state index is 0.0526. The number of ether oxygens (including phenoxy) is 1. The highest BCUT2D eigenvalue weighted by atomic mass is 16.5. The minimum absolute atomic E-state index is 0.0526. The summed E-state index contributed by atoms with van der Waals surface area (Å²) in [5.41, 5.74) is 1.15. The van der Waals surface area contributed by atoms with Gasteiger partial charge in [0.2, 0.25) is 5.91 Å². The standard InChI is InChI=1S/C15H22N2O2/c1-12(17-15(18)14-7-8-16-9-14)10-19-11-13-5-3-2-4-6-13/h2-6,12,14,16H,7-11H2,1H3,(H,17,18). The average molecular weight is 262 g/mol. The number of carbonyl (C=O) groups excluding carboxylic acids is 1. The van der Waals surface area contributed by atoms with Gasteiger partial charge in [0, 0.05) is 12.6 Å². The zero-order valence-corrected chi connectivity index (χ0v) is 11.4. The third kappa shape index (κ3) is 4.65. The number of rotatable bonds is 6. The Morgan fingerprint density at radius 3 is 2.95 bits per heavy atom. The van der Waals surface area contributed by atoms with E-state index in [0.717, 1.165) is 25.1 Å².